The fraction of sp³-hybridized carbons (Fsp3) is 0.667. The lowest BCUT2D eigenvalue weighted by Crippen LogP contribution is -2.54. The molecule has 0 aliphatic carbocycles. The molecule has 3 fully saturated rings. The van der Waals surface area contributed by atoms with E-state index >= 15 is 0 Å². The molecule has 3 aliphatic rings. The molecule has 1 aromatic rings. The van der Waals surface area contributed by atoms with Gasteiger partial charge in [-0.2, -0.15) is 0 Å². The first-order chi connectivity index (χ1) is 14.3. The summed E-state index contributed by atoms with van der Waals surface area (Å²) in [6.07, 6.45) is 4.71. The van der Waals surface area contributed by atoms with Crippen LogP contribution >= 0.6 is 0 Å². The van der Waals surface area contributed by atoms with Crippen molar-refractivity contribution in [2.24, 2.45) is 5.41 Å². The van der Waals surface area contributed by atoms with Gasteiger partial charge < -0.3 is 15.0 Å². The summed E-state index contributed by atoms with van der Waals surface area (Å²) in [6.45, 7) is 10.2. The van der Waals surface area contributed by atoms with Crippen molar-refractivity contribution in [3.05, 3.63) is 29.8 Å². The molecule has 164 valence electrons. The van der Waals surface area contributed by atoms with E-state index in [0.29, 0.717) is 25.9 Å². The maximum Gasteiger partial charge on any atom is 0.312 e. The molecule has 30 heavy (non-hydrogen) atoms. The number of hydrogen-bond acceptors (Lipinski definition) is 5. The molecular formula is C24H35N3O3. The Morgan fingerprint density at radius 3 is 2.40 bits per heavy atom. The van der Waals surface area contributed by atoms with Crippen molar-refractivity contribution in [2.45, 2.75) is 64.5 Å². The van der Waals surface area contributed by atoms with Gasteiger partial charge in [-0.3, -0.25) is 14.5 Å². The Balaban J connectivity index is 1.33. The fourth-order valence-corrected chi connectivity index (χ4v) is 5.18. The SMILES string of the molecule is Cc1ccc(NC(C)(C)C(=O)N2CCC3(CC2)CC(CN2CCCC2)OC3=O)cc1. The summed E-state index contributed by atoms with van der Waals surface area (Å²) in [7, 11) is 0. The van der Waals surface area contributed by atoms with E-state index in [1.54, 1.807) is 0 Å². The Hall–Kier alpha value is -2.08. The van der Waals surface area contributed by atoms with Crippen molar-refractivity contribution in [2.75, 3.05) is 38.0 Å². The van der Waals surface area contributed by atoms with Gasteiger partial charge in [0.1, 0.15) is 11.6 Å². The van der Waals surface area contributed by atoms with Crippen molar-refractivity contribution in [1.29, 1.82) is 0 Å². The summed E-state index contributed by atoms with van der Waals surface area (Å²) in [5.41, 5.74) is 1.04. The van der Waals surface area contributed by atoms with Crippen molar-refractivity contribution < 1.29 is 14.3 Å². The van der Waals surface area contributed by atoms with Crippen LogP contribution in [-0.2, 0) is 14.3 Å². The number of carbonyl (C=O) groups is 2. The van der Waals surface area contributed by atoms with E-state index in [9.17, 15) is 9.59 Å². The minimum Gasteiger partial charge on any atom is -0.461 e. The molecular weight excluding hydrogens is 378 g/mol. The summed E-state index contributed by atoms with van der Waals surface area (Å²) in [5, 5.41) is 3.37. The number of anilines is 1. The average Bonchev–Trinajstić information content (AvgIpc) is 3.32. The summed E-state index contributed by atoms with van der Waals surface area (Å²) in [6, 6.07) is 8.09. The lowest BCUT2D eigenvalue weighted by atomic mass is 9.75. The van der Waals surface area contributed by atoms with Gasteiger partial charge in [0.15, 0.2) is 0 Å². The molecule has 0 aromatic heterocycles. The number of nitrogens with one attached hydrogen (secondary N) is 1. The number of carbonyl (C=O) groups excluding carboxylic acids is 2. The number of hydrogen-bond donors (Lipinski definition) is 1. The predicted octanol–water partition coefficient (Wildman–Crippen LogP) is 3.21. The molecule has 1 amide bonds. The third-order valence-electron chi connectivity index (χ3n) is 7.04. The van der Waals surface area contributed by atoms with Gasteiger partial charge in [0, 0.05) is 31.7 Å². The van der Waals surface area contributed by atoms with Gasteiger partial charge in [0.05, 0.1) is 5.41 Å². The second-order valence-corrected chi connectivity index (χ2v) is 9.93. The second-order valence-electron chi connectivity index (χ2n) is 9.93. The molecule has 4 rings (SSSR count). The topological polar surface area (TPSA) is 61.9 Å². The van der Waals surface area contributed by atoms with Crippen LogP contribution in [0, 0.1) is 12.3 Å². The Morgan fingerprint density at radius 2 is 1.77 bits per heavy atom. The first kappa shape index (κ1) is 21.2. The Labute approximate surface area is 179 Å². The number of cyclic esters (lactones) is 1. The zero-order valence-electron chi connectivity index (χ0n) is 18.6. The zero-order valence-corrected chi connectivity index (χ0v) is 18.6. The summed E-state index contributed by atoms with van der Waals surface area (Å²) < 4.78 is 5.77. The molecule has 3 aliphatic heterocycles. The van der Waals surface area contributed by atoms with Crippen LogP contribution in [0.2, 0.25) is 0 Å². The van der Waals surface area contributed by atoms with Gasteiger partial charge in [0.2, 0.25) is 5.91 Å². The second kappa shape index (κ2) is 8.22. The largest absolute Gasteiger partial charge is 0.461 e. The smallest absolute Gasteiger partial charge is 0.312 e. The lowest BCUT2D eigenvalue weighted by Gasteiger charge is -2.40. The molecule has 1 atom stereocenters. The number of amides is 1. The fourth-order valence-electron chi connectivity index (χ4n) is 5.18. The van der Waals surface area contributed by atoms with E-state index < -0.39 is 11.0 Å². The molecule has 3 heterocycles. The van der Waals surface area contributed by atoms with E-state index in [-0.39, 0.29) is 18.0 Å². The molecule has 1 spiro atoms. The van der Waals surface area contributed by atoms with E-state index in [1.165, 1.54) is 18.4 Å². The third-order valence-corrected chi connectivity index (χ3v) is 7.04. The zero-order chi connectivity index (χ0) is 21.4. The maximum absolute atomic E-state index is 13.2. The Bertz CT molecular complexity index is 775. The van der Waals surface area contributed by atoms with Crippen molar-refractivity contribution in [3.8, 4) is 0 Å². The summed E-state index contributed by atoms with van der Waals surface area (Å²) >= 11 is 0. The number of piperidine rings is 1. The first-order valence-corrected chi connectivity index (χ1v) is 11.4. The van der Waals surface area contributed by atoms with Gasteiger partial charge in [0.25, 0.3) is 0 Å². The van der Waals surface area contributed by atoms with Gasteiger partial charge in [-0.05, 0) is 71.7 Å². The highest BCUT2D eigenvalue weighted by atomic mass is 16.6. The van der Waals surface area contributed by atoms with Crippen molar-refractivity contribution in [3.63, 3.8) is 0 Å². The van der Waals surface area contributed by atoms with Crippen LogP contribution in [-0.4, -0.2) is 66.0 Å². The van der Waals surface area contributed by atoms with Crippen LogP contribution in [0.25, 0.3) is 0 Å². The summed E-state index contributed by atoms with van der Waals surface area (Å²) in [5.74, 6) is 0.0359. The van der Waals surface area contributed by atoms with Crippen LogP contribution in [0.4, 0.5) is 5.69 Å². The molecule has 0 bridgehead atoms. The maximum atomic E-state index is 13.2. The number of benzene rings is 1. The number of likely N-dealkylation sites (tertiary alicyclic amines) is 2. The predicted molar refractivity (Wildman–Crippen MR) is 117 cm³/mol. The highest BCUT2D eigenvalue weighted by Crippen LogP contribution is 2.43. The highest BCUT2D eigenvalue weighted by Gasteiger charge is 2.51. The van der Waals surface area contributed by atoms with Crippen LogP contribution in [0.5, 0.6) is 0 Å². The van der Waals surface area contributed by atoms with E-state index in [4.69, 9.17) is 4.74 Å². The Kier molecular flexibility index (Phi) is 5.80. The molecule has 0 saturated carbocycles. The van der Waals surface area contributed by atoms with Crippen LogP contribution in [0.1, 0.15) is 51.5 Å². The van der Waals surface area contributed by atoms with Crippen LogP contribution in [0.15, 0.2) is 24.3 Å². The van der Waals surface area contributed by atoms with Crippen LogP contribution < -0.4 is 5.32 Å². The number of aryl methyl sites for hydroxylation is 1. The van der Waals surface area contributed by atoms with E-state index in [0.717, 1.165) is 31.7 Å². The van der Waals surface area contributed by atoms with Gasteiger partial charge in [-0.25, -0.2) is 0 Å². The molecule has 0 radical (unpaired) electrons. The Morgan fingerprint density at radius 1 is 1.13 bits per heavy atom. The standard InChI is InChI=1S/C24H35N3O3/c1-18-6-8-19(9-7-18)25-23(2,3)21(28)27-14-10-24(11-15-27)16-20(30-22(24)29)17-26-12-4-5-13-26/h6-9,20,25H,4-5,10-17H2,1-3H3. The quantitative estimate of drug-likeness (QED) is 0.751. The normalized spacial score (nSPS) is 24.3. The monoisotopic (exact) mass is 413 g/mol. The minimum absolute atomic E-state index is 0.0116. The third kappa shape index (κ3) is 4.34. The molecule has 1 unspecified atom stereocenters. The van der Waals surface area contributed by atoms with Crippen LogP contribution in [0.3, 0.4) is 0 Å². The van der Waals surface area contributed by atoms with Crippen molar-refractivity contribution in [1.82, 2.24) is 9.80 Å². The van der Waals surface area contributed by atoms with Gasteiger partial charge in [-0.1, -0.05) is 17.7 Å². The molecule has 3 saturated heterocycles. The minimum atomic E-state index is -0.700. The van der Waals surface area contributed by atoms with Gasteiger partial charge in [-0.15, -0.1) is 0 Å². The average molecular weight is 414 g/mol. The summed E-state index contributed by atoms with van der Waals surface area (Å²) in [4.78, 5) is 30.3. The highest BCUT2D eigenvalue weighted by molar-refractivity contribution is 5.89. The number of nitrogens with zero attached hydrogens (tertiary/aromatic N) is 2. The molecule has 1 N–H and O–H groups in total. The molecule has 1 aromatic carbocycles. The van der Waals surface area contributed by atoms with Crippen molar-refractivity contribution >= 4 is 17.6 Å². The molecule has 6 heteroatoms. The molecule has 6 nitrogen and oxygen atoms in total. The van der Waals surface area contributed by atoms with E-state index in [1.807, 2.05) is 49.9 Å². The van der Waals surface area contributed by atoms with E-state index in [2.05, 4.69) is 10.2 Å². The first-order valence-electron chi connectivity index (χ1n) is 11.4. The number of rotatable bonds is 5. The number of esters is 1. The van der Waals surface area contributed by atoms with Gasteiger partial charge >= 0.3 is 5.97 Å². The number of ether oxygens (including phenoxy) is 1. The lowest BCUT2D eigenvalue weighted by molar-refractivity contribution is -0.153.